The van der Waals surface area contributed by atoms with Crippen LogP contribution in [0.1, 0.15) is 33.3 Å². The van der Waals surface area contributed by atoms with E-state index in [1.165, 1.54) is 5.69 Å². The van der Waals surface area contributed by atoms with Crippen LogP contribution < -0.4 is 20.3 Å². The fourth-order valence-electron chi connectivity index (χ4n) is 2.91. The Bertz CT molecular complexity index is 755. The van der Waals surface area contributed by atoms with Gasteiger partial charge in [-0.3, -0.25) is 4.79 Å². The van der Waals surface area contributed by atoms with Gasteiger partial charge in [0.1, 0.15) is 5.75 Å². The smallest absolute Gasteiger partial charge is 0.243 e. The molecule has 1 amide bonds. The van der Waals surface area contributed by atoms with E-state index in [9.17, 15) is 4.79 Å². The van der Waals surface area contributed by atoms with Crippen molar-refractivity contribution in [1.29, 1.82) is 0 Å². The molecule has 2 N–H and O–H groups in total. The number of amides is 1. The summed E-state index contributed by atoms with van der Waals surface area (Å²) >= 11 is 0. The van der Waals surface area contributed by atoms with Crippen molar-refractivity contribution in [2.45, 2.75) is 40.7 Å². The molecule has 0 heterocycles. The van der Waals surface area contributed by atoms with E-state index in [1.807, 2.05) is 51.1 Å². The number of hydrogen-bond donors (Lipinski definition) is 2. The molecule has 0 unspecified atom stereocenters. The summed E-state index contributed by atoms with van der Waals surface area (Å²) in [4.78, 5) is 14.7. The predicted molar refractivity (Wildman–Crippen MR) is 114 cm³/mol. The Hall–Kier alpha value is -2.69. The van der Waals surface area contributed by atoms with Crippen LogP contribution in [0.3, 0.4) is 0 Å². The molecule has 2 rings (SSSR count). The first-order chi connectivity index (χ1) is 12.9. The van der Waals surface area contributed by atoms with E-state index in [1.54, 1.807) is 0 Å². The Balaban J connectivity index is 1.98. The number of anilines is 3. The molecule has 2 aromatic rings. The van der Waals surface area contributed by atoms with Gasteiger partial charge < -0.3 is 20.3 Å². The maximum atomic E-state index is 12.4. The van der Waals surface area contributed by atoms with E-state index in [0.717, 1.165) is 35.8 Å². The van der Waals surface area contributed by atoms with Crippen LogP contribution >= 0.6 is 0 Å². The molecule has 27 heavy (non-hydrogen) atoms. The van der Waals surface area contributed by atoms with E-state index in [0.29, 0.717) is 0 Å². The molecule has 5 nitrogen and oxygen atoms in total. The van der Waals surface area contributed by atoms with E-state index < -0.39 is 0 Å². The quantitative estimate of drug-likeness (QED) is 0.674. The van der Waals surface area contributed by atoms with Crippen LogP contribution in [0.15, 0.2) is 42.5 Å². The lowest BCUT2D eigenvalue weighted by Gasteiger charge is -2.22. The first-order valence-corrected chi connectivity index (χ1v) is 9.59. The van der Waals surface area contributed by atoms with Gasteiger partial charge in [-0.1, -0.05) is 12.1 Å². The highest BCUT2D eigenvalue weighted by Crippen LogP contribution is 2.25. The molecular weight excluding hydrogens is 338 g/mol. The number of ether oxygens (including phenoxy) is 1. The minimum Gasteiger partial charge on any atom is -0.489 e. The first kappa shape index (κ1) is 20.6. The van der Waals surface area contributed by atoms with Crippen molar-refractivity contribution in [1.82, 2.24) is 0 Å². The molecule has 0 aliphatic carbocycles. The van der Waals surface area contributed by atoms with Crippen LogP contribution in [0, 0.1) is 6.92 Å². The van der Waals surface area contributed by atoms with Gasteiger partial charge in [-0.2, -0.15) is 0 Å². The van der Waals surface area contributed by atoms with Crippen molar-refractivity contribution in [3.8, 4) is 5.75 Å². The topological polar surface area (TPSA) is 53.6 Å². The first-order valence-electron chi connectivity index (χ1n) is 9.59. The number of nitrogens with zero attached hydrogens (tertiary/aromatic N) is 1. The van der Waals surface area contributed by atoms with Gasteiger partial charge in [0.2, 0.25) is 5.91 Å². The fraction of sp³-hybridized carbons (Fsp3) is 0.409. The Kier molecular flexibility index (Phi) is 7.53. The molecule has 0 aliphatic rings. The maximum absolute atomic E-state index is 12.4. The van der Waals surface area contributed by atoms with Gasteiger partial charge in [0.25, 0.3) is 0 Å². The zero-order valence-electron chi connectivity index (χ0n) is 17.0. The maximum Gasteiger partial charge on any atom is 0.243 e. The summed E-state index contributed by atoms with van der Waals surface area (Å²) in [5.41, 5.74) is 3.88. The summed E-state index contributed by atoms with van der Waals surface area (Å²) in [7, 11) is 0. The lowest BCUT2D eigenvalue weighted by Crippen LogP contribution is -2.23. The molecule has 0 saturated heterocycles. The number of benzene rings is 2. The van der Waals surface area contributed by atoms with Crippen LogP contribution in [-0.2, 0) is 4.79 Å². The largest absolute Gasteiger partial charge is 0.489 e. The molecule has 0 fully saturated rings. The number of rotatable bonds is 9. The Morgan fingerprint density at radius 2 is 1.78 bits per heavy atom. The summed E-state index contributed by atoms with van der Waals surface area (Å²) in [6.45, 7) is 12.4. The number of nitrogens with one attached hydrogen (secondary N) is 2. The predicted octanol–water partition coefficient (Wildman–Crippen LogP) is 4.68. The molecule has 0 atom stereocenters. The minimum absolute atomic E-state index is 0.0775. The third-order valence-corrected chi connectivity index (χ3v) is 4.30. The van der Waals surface area contributed by atoms with Crippen LogP contribution in [0.4, 0.5) is 17.1 Å². The van der Waals surface area contributed by atoms with E-state index >= 15 is 0 Å². The Morgan fingerprint density at radius 1 is 1.07 bits per heavy atom. The minimum atomic E-state index is -0.0898. The molecule has 0 spiro atoms. The van der Waals surface area contributed by atoms with Crippen molar-refractivity contribution in [3.63, 3.8) is 0 Å². The van der Waals surface area contributed by atoms with Gasteiger partial charge in [-0.05, 0) is 70.5 Å². The van der Waals surface area contributed by atoms with Crippen molar-refractivity contribution in [3.05, 3.63) is 48.0 Å². The molecular formula is C22H31N3O2. The molecule has 146 valence electrons. The average Bonchev–Trinajstić information content (AvgIpc) is 2.64. The number of carbonyl (C=O) groups is 1. The third kappa shape index (κ3) is 5.91. The average molecular weight is 370 g/mol. The van der Waals surface area contributed by atoms with Crippen LogP contribution in [-0.4, -0.2) is 31.6 Å². The normalized spacial score (nSPS) is 10.6. The standard InChI is InChI=1S/C22H31N3O2/c1-6-25(7-2)18-12-13-19(17(5)14-18)24-22(26)15-23-20-10-8-9-11-21(20)27-16(3)4/h8-14,16,23H,6-7,15H2,1-5H3,(H,24,26). The highest BCUT2D eigenvalue weighted by atomic mass is 16.5. The van der Waals surface area contributed by atoms with Gasteiger partial charge in [-0.15, -0.1) is 0 Å². The fourth-order valence-corrected chi connectivity index (χ4v) is 2.91. The highest BCUT2D eigenvalue weighted by Gasteiger charge is 2.10. The van der Waals surface area contributed by atoms with Crippen LogP contribution in [0.5, 0.6) is 5.75 Å². The van der Waals surface area contributed by atoms with Crippen molar-refractivity contribution in [2.24, 2.45) is 0 Å². The monoisotopic (exact) mass is 369 g/mol. The van der Waals surface area contributed by atoms with Crippen molar-refractivity contribution in [2.75, 3.05) is 35.2 Å². The lowest BCUT2D eigenvalue weighted by molar-refractivity contribution is -0.114. The lowest BCUT2D eigenvalue weighted by atomic mass is 10.1. The van der Waals surface area contributed by atoms with E-state index in [-0.39, 0.29) is 18.6 Å². The number of hydrogen-bond acceptors (Lipinski definition) is 4. The molecule has 0 saturated carbocycles. The number of aryl methyl sites for hydroxylation is 1. The summed E-state index contributed by atoms with van der Waals surface area (Å²) in [6, 6.07) is 13.8. The zero-order chi connectivity index (χ0) is 19.8. The second kappa shape index (κ2) is 9.86. The molecule has 0 aromatic heterocycles. The number of para-hydroxylation sites is 2. The van der Waals surface area contributed by atoms with Crippen molar-refractivity contribution < 1.29 is 9.53 Å². The second-order valence-corrected chi connectivity index (χ2v) is 6.74. The highest BCUT2D eigenvalue weighted by molar-refractivity contribution is 5.94. The molecule has 5 heteroatoms. The van der Waals surface area contributed by atoms with Crippen LogP contribution in [0.2, 0.25) is 0 Å². The zero-order valence-corrected chi connectivity index (χ0v) is 17.0. The second-order valence-electron chi connectivity index (χ2n) is 6.74. The Labute approximate surface area is 162 Å². The summed E-state index contributed by atoms with van der Waals surface area (Å²) in [5, 5.41) is 6.14. The summed E-state index contributed by atoms with van der Waals surface area (Å²) < 4.78 is 5.77. The van der Waals surface area contributed by atoms with Gasteiger partial charge >= 0.3 is 0 Å². The molecule has 0 radical (unpaired) electrons. The van der Waals surface area contributed by atoms with Gasteiger partial charge in [-0.25, -0.2) is 0 Å². The Morgan fingerprint density at radius 3 is 2.41 bits per heavy atom. The molecule has 0 bridgehead atoms. The van der Waals surface area contributed by atoms with E-state index in [4.69, 9.17) is 4.74 Å². The summed E-state index contributed by atoms with van der Waals surface area (Å²) in [6.07, 6.45) is 0.0775. The van der Waals surface area contributed by atoms with E-state index in [2.05, 4.69) is 41.5 Å². The van der Waals surface area contributed by atoms with Gasteiger partial charge in [0.15, 0.2) is 0 Å². The molecule has 0 aliphatic heterocycles. The SMILES string of the molecule is CCN(CC)c1ccc(NC(=O)CNc2ccccc2OC(C)C)c(C)c1. The third-order valence-electron chi connectivity index (χ3n) is 4.30. The van der Waals surface area contributed by atoms with Gasteiger partial charge in [0.05, 0.1) is 18.3 Å². The van der Waals surface area contributed by atoms with Gasteiger partial charge in [0, 0.05) is 24.5 Å². The number of carbonyl (C=O) groups excluding carboxylic acids is 1. The summed E-state index contributed by atoms with van der Waals surface area (Å²) in [5.74, 6) is 0.660. The molecule has 2 aromatic carbocycles. The van der Waals surface area contributed by atoms with Crippen LogP contribution in [0.25, 0.3) is 0 Å². The van der Waals surface area contributed by atoms with Crippen molar-refractivity contribution >= 4 is 23.0 Å².